The van der Waals surface area contributed by atoms with Crippen molar-refractivity contribution in [3.05, 3.63) is 101 Å². The number of aryl methyl sites for hydroxylation is 2. The number of aromatic nitrogens is 4. The summed E-state index contributed by atoms with van der Waals surface area (Å²) >= 11 is 0. The van der Waals surface area contributed by atoms with Crippen LogP contribution < -0.4 is 22.5 Å². The molecule has 0 spiro atoms. The summed E-state index contributed by atoms with van der Waals surface area (Å²) in [5, 5.41) is 20.7. The quantitative estimate of drug-likeness (QED) is 0.148. The molecular weight excluding hydrogens is 631 g/mol. The SMILES string of the molecule is Cc1cn([C@H]2C[C@H](OP(=O)(OCC(=O)c3ccccc3)OC[C@H]3O[C@@H](n4cc(C)c(=O)[nH]c4=O)C[C@@H]3O)[C@@H](CO)O2)c(=O)[nH]c1=O. The van der Waals surface area contributed by atoms with Gasteiger partial charge in [0.1, 0.15) is 37.4 Å². The highest BCUT2D eigenvalue weighted by atomic mass is 31.2. The zero-order valence-electron chi connectivity index (χ0n) is 24.8. The van der Waals surface area contributed by atoms with Crippen LogP contribution in [-0.4, -0.2) is 79.3 Å². The standard InChI is InChI=1S/C28H33N4O13P/c1-15-10-31(27(38)29-25(15)36)23-8-18(34)22(44-23)14-42-46(40,41-13-19(35)17-6-4-3-5-7-17)45-20-9-24(43-21(20)12-33)32-11-16(2)26(37)30-28(32)39/h3-7,10-11,18,20-24,33-34H,8-9,12-14H2,1-2H3,(H,29,36,38)(H,30,37,39)/t18-,20-,21+,22+,23+,24+,46?/m0/s1. The van der Waals surface area contributed by atoms with Crippen LogP contribution in [0.5, 0.6) is 0 Å². The zero-order chi connectivity index (χ0) is 33.2. The Labute approximate surface area is 259 Å². The van der Waals surface area contributed by atoms with E-state index in [4.69, 9.17) is 23.0 Å². The molecule has 46 heavy (non-hydrogen) atoms. The van der Waals surface area contributed by atoms with E-state index in [1.54, 1.807) is 18.2 Å². The minimum atomic E-state index is -4.70. The highest BCUT2D eigenvalue weighted by molar-refractivity contribution is 7.48. The zero-order valence-corrected chi connectivity index (χ0v) is 25.7. The number of hydrogen-bond donors (Lipinski definition) is 4. The lowest BCUT2D eigenvalue weighted by Gasteiger charge is -2.25. The summed E-state index contributed by atoms with van der Waals surface area (Å²) in [6.07, 6.45) is -4.33. The van der Waals surface area contributed by atoms with Crippen LogP contribution in [0.25, 0.3) is 0 Å². The van der Waals surface area contributed by atoms with Gasteiger partial charge in [-0.1, -0.05) is 30.3 Å². The van der Waals surface area contributed by atoms with Gasteiger partial charge in [0.2, 0.25) is 0 Å². The van der Waals surface area contributed by atoms with Crippen LogP contribution in [0.15, 0.2) is 61.9 Å². The number of rotatable bonds is 12. The van der Waals surface area contributed by atoms with E-state index in [0.717, 1.165) is 9.13 Å². The summed E-state index contributed by atoms with van der Waals surface area (Å²) in [5.41, 5.74) is -1.97. The molecule has 1 aromatic carbocycles. The molecule has 0 aliphatic carbocycles. The van der Waals surface area contributed by atoms with Crippen LogP contribution in [0.2, 0.25) is 0 Å². The smallest absolute Gasteiger partial charge is 0.394 e. The minimum absolute atomic E-state index is 0.0734. The van der Waals surface area contributed by atoms with Crippen molar-refractivity contribution < 1.29 is 42.6 Å². The van der Waals surface area contributed by atoms with Gasteiger partial charge in [0.05, 0.1) is 19.3 Å². The van der Waals surface area contributed by atoms with Crippen LogP contribution in [0.1, 0.15) is 46.8 Å². The molecule has 0 radical (unpaired) electrons. The normalized spacial score (nSPS) is 25.8. The maximum atomic E-state index is 14.0. The second-order valence-electron chi connectivity index (χ2n) is 10.9. The first-order chi connectivity index (χ1) is 21.9. The summed E-state index contributed by atoms with van der Waals surface area (Å²) in [6.45, 7) is 1.04. The summed E-state index contributed by atoms with van der Waals surface area (Å²) in [4.78, 5) is 65.5. The van der Waals surface area contributed by atoms with Crippen molar-refractivity contribution in [2.24, 2.45) is 0 Å². The molecule has 0 saturated carbocycles. The molecule has 2 aliphatic rings. The number of nitrogens with zero attached hydrogens (tertiary/aromatic N) is 2. The van der Waals surface area contributed by atoms with Gasteiger partial charge in [0.15, 0.2) is 5.78 Å². The third kappa shape index (κ3) is 7.43. The van der Waals surface area contributed by atoms with Gasteiger partial charge in [0.25, 0.3) is 11.1 Å². The van der Waals surface area contributed by atoms with E-state index in [9.17, 15) is 38.8 Å². The largest absolute Gasteiger partial charge is 0.475 e. The number of Topliss-reactive ketones (excluding diaryl/α,β-unsaturated/α-hetero) is 1. The molecule has 2 fully saturated rings. The van der Waals surface area contributed by atoms with E-state index in [-0.39, 0.29) is 29.5 Å². The number of ether oxygens (including phenoxy) is 2. The first-order valence-corrected chi connectivity index (χ1v) is 15.7. The van der Waals surface area contributed by atoms with Crippen molar-refractivity contribution in [2.75, 3.05) is 19.8 Å². The van der Waals surface area contributed by atoms with Crippen molar-refractivity contribution in [1.29, 1.82) is 0 Å². The van der Waals surface area contributed by atoms with E-state index in [2.05, 4.69) is 9.97 Å². The van der Waals surface area contributed by atoms with E-state index >= 15 is 0 Å². The lowest BCUT2D eigenvalue weighted by Crippen LogP contribution is -2.33. The molecule has 4 heterocycles. The topological polar surface area (TPSA) is 230 Å². The number of ketones is 1. The Kier molecular flexibility index (Phi) is 10.1. The van der Waals surface area contributed by atoms with Gasteiger partial charge in [-0.2, -0.15) is 0 Å². The average molecular weight is 665 g/mol. The lowest BCUT2D eigenvalue weighted by molar-refractivity contribution is -0.0597. The maximum Gasteiger partial charge on any atom is 0.475 e. The molecule has 0 amide bonds. The van der Waals surface area contributed by atoms with E-state index in [1.165, 1.54) is 38.4 Å². The Hall–Kier alpha value is -3.80. The molecule has 2 aromatic heterocycles. The second kappa shape index (κ2) is 13.9. The molecular formula is C28H33N4O13P. The van der Waals surface area contributed by atoms with Crippen LogP contribution in [0, 0.1) is 13.8 Å². The molecule has 1 unspecified atom stereocenters. The Bertz CT molecular complexity index is 1850. The van der Waals surface area contributed by atoms with E-state index in [0.29, 0.717) is 0 Å². The Morgan fingerprint density at radius 3 is 2.07 bits per heavy atom. The second-order valence-corrected chi connectivity index (χ2v) is 12.5. The third-order valence-corrected chi connectivity index (χ3v) is 9.03. The summed E-state index contributed by atoms with van der Waals surface area (Å²) in [5.74, 6) is -0.549. The Morgan fingerprint density at radius 1 is 0.913 bits per heavy atom. The molecule has 17 nitrogen and oxygen atoms in total. The number of aliphatic hydroxyl groups excluding tert-OH is 2. The summed E-state index contributed by atoms with van der Waals surface area (Å²) in [6, 6.07) is 8.03. The van der Waals surface area contributed by atoms with Gasteiger partial charge in [0, 0.05) is 41.9 Å². The number of phosphoric acid groups is 1. The number of hydrogen-bond acceptors (Lipinski definition) is 13. The average Bonchev–Trinajstić information content (AvgIpc) is 3.61. The summed E-state index contributed by atoms with van der Waals surface area (Å²) < 4.78 is 44.5. The fourth-order valence-corrected chi connectivity index (χ4v) is 6.41. The lowest BCUT2D eigenvalue weighted by atomic mass is 10.1. The van der Waals surface area contributed by atoms with Gasteiger partial charge in [-0.3, -0.25) is 47.1 Å². The first-order valence-electron chi connectivity index (χ1n) is 14.3. The molecule has 4 N–H and O–H groups in total. The maximum absolute atomic E-state index is 14.0. The minimum Gasteiger partial charge on any atom is -0.394 e. The van der Waals surface area contributed by atoms with Gasteiger partial charge < -0.3 is 19.7 Å². The van der Waals surface area contributed by atoms with Crippen LogP contribution in [0.3, 0.4) is 0 Å². The number of benzene rings is 1. The predicted molar refractivity (Wildman–Crippen MR) is 157 cm³/mol. The van der Waals surface area contributed by atoms with Crippen LogP contribution in [0.4, 0.5) is 0 Å². The van der Waals surface area contributed by atoms with Gasteiger partial charge >= 0.3 is 19.2 Å². The number of aliphatic hydroxyl groups is 2. The number of aromatic amines is 2. The highest BCUT2D eigenvalue weighted by Gasteiger charge is 2.45. The number of H-pyrrole nitrogens is 2. The molecule has 0 bridgehead atoms. The summed E-state index contributed by atoms with van der Waals surface area (Å²) in [7, 11) is -4.70. The number of carbonyl (C=O) groups is 1. The first kappa shape index (κ1) is 33.6. The molecule has 7 atom stereocenters. The fraction of sp³-hybridized carbons (Fsp3) is 0.464. The van der Waals surface area contributed by atoms with Crippen LogP contribution >= 0.6 is 7.82 Å². The van der Waals surface area contributed by atoms with Gasteiger partial charge in [-0.05, 0) is 13.8 Å². The molecule has 2 aliphatic heterocycles. The molecule has 3 aromatic rings. The van der Waals surface area contributed by atoms with Crippen molar-refractivity contribution in [2.45, 2.75) is 63.6 Å². The molecule has 2 saturated heterocycles. The Balaban J connectivity index is 1.34. The van der Waals surface area contributed by atoms with Crippen molar-refractivity contribution in [3.63, 3.8) is 0 Å². The van der Waals surface area contributed by atoms with Gasteiger partial charge in [-0.25, -0.2) is 14.2 Å². The number of phosphoric ester groups is 1. The van der Waals surface area contributed by atoms with Crippen molar-refractivity contribution >= 4 is 13.6 Å². The number of nitrogens with one attached hydrogen (secondary N) is 2. The van der Waals surface area contributed by atoms with Gasteiger partial charge in [-0.15, -0.1) is 0 Å². The van der Waals surface area contributed by atoms with Crippen LogP contribution in [-0.2, 0) is 27.6 Å². The monoisotopic (exact) mass is 664 g/mol. The highest BCUT2D eigenvalue weighted by Crippen LogP contribution is 2.53. The molecule has 248 valence electrons. The van der Waals surface area contributed by atoms with Crippen molar-refractivity contribution in [1.82, 2.24) is 19.1 Å². The third-order valence-electron chi connectivity index (χ3n) is 7.59. The van der Waals surface area contributed by atoms with Crippen molar-refractivity contribution in [3.8, 4) is 0 Å². The fourth-order valence-electron chi connectivity index (χ4n) is 5.06. The molecule has 18 heteroatoms. The molecule has 5 rings (SSSR count). The predicted octanol–water partition coefficient (Wildman–Crippen LogP) is 0.0412. The van der Waals surface area contributed by atoms with E-state index in [1.807, 2.05) is 0 Å². The van der Waals surface area contributed by atoms with E-state index < -0.39 is 92.8 Å². The number of carbonyl (C=O) groups excluding carboxylic acids is 1. The Morgan fingerprint density at radius 2 is 1.48 bits per heavy atom.